The van der Waals surface area contributed by atoms with Crippen LogP contribution in [0.3, 0.4) is 0 Å². The molecule has 1 aliphatic heterocycles. The molecule has 6 nitrogen and oxygen atoms in total. The Morgan fingerprint density at radius 3 is 2.61 bits per heavy atom. The van der Waals surface area contributed by atoms with Crippen LogP contribution in [0.5, 0.6) is 0 Å². The van der Waals surface area contributed by atoms with Gasteiger partial charge in [0.25, 0.3) is 5.78 Å². The molecule has 36 heavy (non-hydrogen) atoms. The number of hydrogen-bond donors (Lipinski definition) is 0. The summed E-state index contributed by atoms with van der Waals surface area (Å²) in [7, 11) is 1.95. The lowest BCUT2D eigenvalue weighted by molar-refractivity contribution is -0.168. The van der Waals surface area contributed by atoms with Gasteiger partial charge in [0.2, 0.25) is 0 Å². The largest absolute Gasteiger partial charge is 0.405 e. The zero-order valence-electron chi connectivity index (χ0n) is 19.7. The highest BCUT2D eigenvalue weighted by Gasteiger charge is 2.62. The van der Waals surface area contributed by atoms with E-state index in [2.05, 4.69) is 26.9 Å². The van der Waals surface area contributed by atoms with Gasteiger partial charge in [-0.3, -0.25) is 4.40 Å². The van der Waals surface area contributed by atoms with Crippen LogP contribution in [0.2, 0.25) is 0 Å². The van der Waals surface area contributed by atoms with Crippen LogP contribution in [-0.4, -0.2) is 50.8 Å². The molecule has 2 aliphatic rings. The number of aromatic nitrogens is 4. The van der Waals surface area contributed by atoms with Crippen molar-refractivity contribution in [3.05, 3.63) is 59.2 Å². The first-order valence-corrected chi connectivity index (χ1v) is 11.7. The molecule has 0 N–H and O–H groups in total. The van der Waals surface area contributed by atoms with Gasteiger partial charge in [0.1, 0.15) is 22.9 Å². The summed E-state index contributed by atoms with van der Waals surface area (Å²) in [6, 6.07) is 9.95. The maximum atomic E-state index is 14.4. The van der Waals surface area contributed by atoms with E-state index in [9.17, 15) is 17.6 Å². The van der Waals surface area contributed by atoms with Crippen LogP contribution >= 0.6 is 0 Å². The maximum Gasteiger partial charge on any atom is 0.405 e. The first kappa shape index (κ1) is 22.7. The number of fused-ring (bicyclic) bond motifs is 4. The zero-order valence-corrected chi connectivity index (χ0v) is 19.7. The quantitative estimate of drug-likeness (QED) is 0.275. The van der Waals surface area contributed by atoms with Crippen molar-refractivity contribution in [2.75, 3.05) is 25.0 Å². The predicted octanol–water partition coefficient (Wildman–Crippen LogP) is 5.00. The van der Waals surface area contributed by atoms with E-state index < -0.39 is 17.4 Å². The van der Waals surface area contributed by atoms with Crippen molar-refractivity contribution in [1.82, 2.24) is 24.5 Å². The van der Waals surface area contributed by atoms with Crippen molar-refractivity contribution in [1.29, 1.82) is 0 Å². The molecular weight excluding hydrogens is 472 g/mol. The van der Waals surface area contributed by atoms with E-state index in [0.29, 0.717) is 48.0 Å². The summed E-state index contributed by atoms with van der Waals surface area (Å²) in [4.78, 5) is 8.82. The smallest absolute Gasteiger partial charge is 0.324 e. The lowest BCUT2D eigenvalue weighted by Gasteiger charge is -2.25. The van der Waals surface area contributed by atoms with E-state index in [1.165, 1.54) is 12.1 Å². The van der Waals surface area contributed by atoms with Crippen LogP contribution in [0.15, 0.2) is 36.4 Å². The number of nitrogens with zero attached hydrogens (tertiary/aromatic N) is 6. The van der Waals surface area contributed by atoms with Gasteiger partial charge in [-0.25, -0.2) is 4.39 Å². The van der Waals surface area contributed by atoms with Crippen molar-refractivity contribution in [2.24, 2.45) is 5.41 Å². The number of alkyl halides is 3. The summed E-state index contributed by atoms with van der Waals surface area (Å²) in [5.74, 6) is 6.52. The molecule has 184 valence electrons. The summed E-state index contributed by atoms with van der Waals surface area (Å²) >= 11 is 0. The highest BCUT2D eigenvalue weighted by Crippen LogP contribution is 2.57. The third-order valence-corrected chi connectivity index (χ3v) is 7.01. The molecule has 0 radical (unpaired) electrons. The zero-order chi connectivity index (χ0) is 25.2. The molecule has 0 bridgehead atoms. The summed E-state index contributed by atoms with van der Waals surface area (Å²) in [5.41, 5.74) is 0.956. The number of aryl methyl sites for hydroxylation is 1. The van der Waals surface area contributed by atoms with Crippen molar-refractivity contribution in [3.63, 3.8) is 0 Å². The lowest BCUT2D eigenvalue weighted by atomic mass is 10.0. The van der Waals surface area contributed by atoms with E-state index in [1.807, 2.05) is 18.0 Å². The highest BCUT2D eigenvalue weighted by atomic mass is 19.4. The molecule has 10 heteroatoms. The molecule has 4 aromatic rings. The number of rotatable bonds is 1. The monoisotopic (exact) mass is 494 g/mol. The number of likely N-dealkylation sites (N-methyl/N-ethyl adjacent to an activating group) is 1. The third-order valence-electron chi connectivity index (χ3n) is 7.01. The van der Waals surface area contributed by atoms with E-state index >= 15 is 0 Å². The molecule has 2 aromatic carbocycles. The maximum absolute atomic E-state index is 14.4. The van der Waals surface area contributed by atoms with E-state index in [1.54, 1.807) is 29.5 Å². The molecule has 0 unspecified atom stereocenters. The van der Waals surface area contributed by atoms with Gasteiger partial charge < -0.3 is 9.80 Å². The second-order valence-electron chi connectivity index (χ2n) is 9.50. The molecule has 1 fully saturated rings. The van der Waals surface area contributed by atoms with Crippen LogP contribution in [0.1, 0.15) is 29.8 Å². The number of halogens is 4. The fourth-order valence-electron chi connectivity index (χ4n) is 4.81. The summed E-state index contributed by atoms with van der Waals surface area (Å²) in [6.07, 6.45) is -4.28. The third kappa shape index (κ3) is 3.57. The second kappa shape index (κ2) is 7.90. The van der Waals surface area contributed by atoms with Gasteiger partial charge in [0.15, 0.2) is 0 Å². The molecule has 1 aliphatic carbocycles. The van der Waals surface area contributed by atoms with Crippen molar-refractivity contribution in [3.8, 4) is 11.8 Å². The van der Waals surface area contributed by atoms with Crippen LogP contribution in [0, 0.1) is 30.0 Å². The molecule has 1 saturated carbocycles. The first-order valence-electron chi connectivity index (χ1n) is 11.7. The second-order valence-corrected chi connectivity index (χ2v) is 9.50. The van der Waals surface area contributed by atoms with Crippen LogP contribution in [0.25, 0.3) is 16.7 Å². The van der Waals surface area contributed by atoms with E-state index in [4.69, 9.17) is 4.98 Å². The Morgan fingerprint density at radius 2 is 1.86 bits per heavy atom. The predicted molar refractivity (Wildman–Crippen MR) is 127 cm³/mol. The van der Waals surface area contributed by atoms with Crippen LogP contribution in [-0.2, 0) is 6.54 Å². The fraction of sp³-hybridized carbons (Fsp3) is 0.346. The van der Waals surface area contributed by atoms with E-state index in [0.717, 1.165) is 16.8 Å². The molecule has 3 heterocycles. The Bertz CT molecular complexity index is 1570. The minimum absolute atomic E-state index is 0.0316. The van der Waals surface area contributed by atoms with Crippen molar-refractivity contribution in [2.45, 2.75) is 32.5 Å². The average Bonchev–Trinajstić information content (AvgIpc) is 3.58. The normalized spacial score (nSPS) is 17.6. The van der Waals surface area contributed by atoms with Crippen molar-refractivity contribution < 1.29 is 17.6 Å². The van der Waals surface area contributed by atoms with Gasteiger partial charge in [-0.2, -0.15) is 18.2 Å². The minimum Gasteiger partial charge on any atom is -0.324 e. The van der Waals surface area contributed by atoms with Gasteiger partial charge in [0.05, 0.1) is 5.52 Å². The molecule has 0 amide bonds. The topological polar surface area (TPSA) is 49.6 Å². The molecular formula is C26H22F4N6. The van der Waals surface area contributed by atoms with Gasteiger partial charge >= 0.3 is 6.18 Å². The average molecular weight is 494 g/mol. The van der Waals surface area contributed by atoms with Gasteiger partial charge in [-0.1, -0.05) is 17.9 Å². The minimum atomic E-state index is -4.34. The summed E-state index contributed by atoms with van der Waals surface area (Å²) in [5, 5.41) is 8.91. The fourth-order valence-corrected chi connectivity index (χ4v) is 4.81. The summed E-state index contributed by atoms with van der Waals surface area (Å²) in [6.45, 7) is 3.51. The Morgan fingerprint density at radius 1 is 1.06 bits per heavy atom. The van der Waals surface area contributed by atoms with Gasteiger partial charge in [-0.05, 0) is 57.1 Å². The lowest BCUT2D eigenvalue weighted by Crippen LogP contribution is -2.27. The molecule has 0 saturated heterocycles. The number of benzene rings is 2. The number of anilines is 2. The van der Waals surface area contributed by atoms with Crippen molar-refractivity contribution >= 4 is 28.2 Å². The van der Waals surface area contributed by atoms with Crippen LogP contribution in [0.4, 0.5) is 29.1 Å². The standard InChI is InChI=1S/C26H22F4N6/c1-16-32-33-24-31-23(19-14-18(27)6-7-22(19)36(16)24)35-13-12-34(2)15-20-17(4-3-5-21(20)35)8-9-25(10-11-25)26(28,29)30/h3-7,14H,10-13,15H2,1-2H3. The molecule has 0 atom stereocenters. The SMILES string of the molecule is Cc1nnc2nc(N3CCN(C)Cc4c(C#CC5(C(F)(F)F)CC5)cccc43)c3cc(F)ccc3n12. The highest BCUT2D eigenvalue weighted by molar-refractivity contribution is 5.94. The molecule has 6 rings (SSSR count). The van der Waals surface area contributed by atoms with E-state index in [-0.39, 0.29) is 12.8 Å². The van der Waals surface area contributed by atoms with Gasteiger partial charge in [-0.15, -0.1) is 10.2 Å². The Kier molecular flexibility index (Phi) is 4.99. The molecule has 2 aromatic heterocycles. The number of hydrogen-bond acceptors (Lipinski definition) is 5. The molecule has 0 spiro atoms. The van der Waals surface area contributed by atoms with Gasteiger partial charge in [0, 0.05) is 41.8 Å². The first-order chi connectivity index (χ1) is 17.2. The Balaban J connectivity index is 1.55. The van der Waals surface area contributed by atoms with Crippen LogP contribution < -0.4 is 4.90 Å². The summed E-state index contributed by atoms with van der Waals surface area (Å²) < 4.78 is 56.7. The Labute approximate surface area is 204 Å². The Hall–Kier alpha value is -3.71.